The molecule has 1 aromatic carbocycles. The highest BCUT2D eigenvalue weighted by Gasteiger charge is 2.31. The summed E-state index contributed by atoms with van der Waals surface area (Å²) in [6, 6.07) is 7.51. The summed E-state index contributed by atoms with van der Waals surface area (Å²) in [6.07, 6.45) is 2.82. The highest BCUT2D eigenvalue weighted by Crippen LogP contribution is 2.22. The second-order valence-electron chi connectivity index (χ2n) is 7.18. The molecule has 2 atom stereocenters. The third kappa shape index (κ3) is 4.34. The Morgan fingerprint density at radius 2 is 2.00 bits per heavy atom. The molecule has 25 heavy (non-hydrogen) atoms. The first kappa shape index (κ1) is 17.8. The van der Waals surface area contributed by atoms with Crippen LogP contribution in [0.2, 0.25) is 0 Å². The monoisotopic (exact) mass is 361 g/mol. The predicted octanol–water partition coefficient (Wildman–Crippen LogP) is 3.14. The summed E-state index contributed by atoms with van der Waals surface area (Å²) < 4.78 is 18.4. The van der Waals surface area contributed by atoms with Crippen LogP contribution in [-0.4, -0.2) is 49.1 Å². The summed E-state index contributed by atoms with van der Waals surface area (Å²) in [7, 11) is -1.31. The van der Waals surface area contributed by atoms with E-state index >= 15 is 0 Å². The Morgan fingerprint density at radius 1 is 1.28 bits per heavy atom. The average Bonchev–Trinajstić information content (AvgIpc) is 2.59. The number of piperidine rings is 1. The molecule has 0 bridgehead atoms. The predicted molar refractivity (Wildman–Crippen MR) is 96.8 cm³/mol. The van der Waals surface area contributed by atoms with E-state index in [1.54, 1.807) is 11.1 Å². The molecule has 1 aliphatic heterocycles. The van der Waals surface area contributed by atoms with Crippen molar-refractivity contribution < 1.29 is 13.7 Å². The number of para-hydroxylation sites is 2. The van der Waals surface area contributed by atoms with Crippen molar-refractivity contribution in [3.63, 3.8) is 0 Å². The van der Waals surface area contributed by atoms with Crippen LogP contribution in [0.5, 0.6) is 0 Å². The van der Waals surface area contributed by atoms with Crippen LogP contribution in [-0.2, 0) is 15.5 Å². The number of likely N-dealkylation sites (tertiary alicyclic amines) is 1. The number of carbonyl (C=O) groups is 1. The number of nitrogens with zero attached hydrogens (tertiary/aromatic N) is 3. The molecule has 3 rings (SSSR count). The Kier molecular flexibility index (Phi) is 5.03. The molecule has 0 aliphatic carbocycles. The van der Waals surface area contributed by atoms with E-state index < -0.39 is 16.4 Å². The van der Waals surface area contributed by atoms with E-state index in [0.717, 1.165) is 23.9 Å². The van der Waals surface area contributed by atoms with E-state index in [2.05, 4.69) is 9.97 Å². The lowest BCUT2D eigenvalue weighted by molar-refractivity contribution is 0.0219. The molecule has 2 heterocycles. The number of hydrogen-bond acceptors (Lipinski definition) is 5. The number of ether oxygens (including phenoxy) is 1. The van der Waals surface area contributed by atoms with Gasteiger partial charge in [0.05, 0.1) is 33.3 Å². The van der Waals surface area contributed by atoms with E-state index in [0.29, 0.717) is 18.1 Å². The number of carbonyl (C=O) groups excluding carboxylic acids is 1. The largest absolute Gasteiger partial charge is 0.444 e. The Balaban J connectivity index is 1.73. The Morgan fingerprint density at radius 3 is 2.72 bits per heavy atom. The maximum absolute atomic E-state index is 12.9. The summed E-state index contributed by atoms with van der Waals surface area (Å²) in [6.45, 7) is 6.57. The number of fused-ring (bicyclic) bond motifs is 1. The molecule has 0 saturated carbocycles. The highest BCUT2D eigenvalue weighted by molar-refractivity contribution is 7.85. The smallest absolute Gasteiger partial charge is 0.410 e. The number of benzene rings is 1. The van der Waals surface area contributed by atoms with Gasteiger partial charge in [-0.25, -0.2) is 9.78 Å². The third-order valence-corrected chi connectivity index (χ3v) is 5.56. The summed E-state index contributed by atoms with van der Waals surface area (Å²) >= 11 is 0. The number of hydrogen-bond donors (Lipinski definition) is 0. The fourth-order valence-electron chi connectivity index (χ4n) is 2.81. The van der Waals surface area contributed by atoms with Crippen LogP contribution in [0.3, 0.4) is 0 Å². The molecule has 1 fully saturated rings. The van der Waals surface area contributed by atoms with Gasteiger partial charge < -0.3 is 9.64 Å². The number of aromatic nitrogens is 2. The normalized spacial score (nSPS) is 19.6. The van der Waals surface area contributed by atoms with Gasteiger partial charge in [0, 0.05) is 13.1 Å². The van der Waals surface area contributed by atoms with Gasteiger partial charge in [0.25, 0.3) is 0 Å². The van der Waals surface area contributed by atoms with Gasteiger partial charge in [-0.2, -0.15) is 0 Å². The van der Waals surface area contributed by atoms with Crippen molar-refractivity contribution in [2.75, 3.05) is 13.1 Å². The van der Waals surface area contributed by atoms with Crippen molar-refractivity contribution >= 4 is 27.9 Å². The van der Waals surface area contributed by atoms with Gasteiger partial charge >= 0.3 is 6.09 Å². The molecule has 1 aliphatic rings. The molecule has 0 radical (unpaired) electrons. The third-order valence-electron chi connectivity index (χ3n) is 3.97. The second kappa shape index (κ2) is 7.07. The Bertz CT molecular complexity index is 803. The molecular weight excluding hydrogens is 338 g/mol. The SMILES string of the molecule is CC(C)(C)OC(=O)N1CCC[C@@H]([S@@](=O)c2cnc3ccccc3n2)C1. The highest BCUT2D eigenvalue weighted by atomic mass is 32.2. The fourth-order valence-corrected chi connectivity index (χ4v) is 4.20. The topological polar surface area (TPSA) is 72.4 Å². The number of amides is 1. The minimum atomic E-state index is -1.31. The van der Waals surface area contributed by atoms with Crippen molar-refractivity contribution in [1.29, 1.82) is 0 Å². The van der Waals surface area contributed by atoms with Crippen molar-refractivity contribution in [3.8, 4) is 0 Å². The first-order chi connectivity index (χ1) is 11.8. The quantitative estimate of drug-likeness (QED) is 0.822. The lowest BCUT2D eigenvalue weighted by atomic mass is 10.1. The fraction of sp³-hybridized carbons (Fsp3) is 0.500. The van der Waals surface area contributed by atoms with Crippen LogP contribution in [0.1, 0.15) is 33.6 Å². The van der Waals surface area contributed by atoms with Crippen molar-refractivity contribution in [1.82, 2.24) is 14.9 Å². The Hall–Kier alpha value is -2.02. The molecule has 6 nitrogen and oxygen atoms in total. The van der Waals surface area contributed by atoms with Crippen molar-refractivity contribution in [3.05, 3.63) is 30.5 Å². The number of rotatable bonds is 2. The molecule has 7 heteroatoms. The maximum Gasteiger partial charge on any atom is 0.410 e. The zero-order chi connectivity index (χ0) is 18.0. The van der Waals surface area contributed by atoms with Crippen LogP contribution < -0.4 is 0 Å². The molecule has 1 amide bonds. The lowest BCUT2D eigenvalue weighted by Gasteiger charge is -2.33. The summed E-state index contributed by atoms with van der Waals surface area (Å²) in [5.74, 6) is 0. The van der Waals surface area contributed by atoms with Gasteiger partial charge in [0.15, 0.2) is 0 Å². The van der Waals surface area contributed by atoms with Crippen LogP contribution in [0, 0.1) is 0 Å². The van der Waals surface area contributed by atoms with E-state index in [1.165, 1.54) is 0 Å². The molecule has 0 spiro atoms. The van der Waals surface area contributed by atoms with Crippen molar-refractivity contribution in [2.24, 2.45) is 0 Å². The minimum Gasteiger partial charge on any atom is -0.444 e. The van der Waals surface area contributed by atoms with Gasteiger partial charge in [-0.3, -0.25) is 9.19 Å². The van der Waals surface area contributed by atoms with Crippen LogP contribution in [0.25, 0.3) is 11.0 Å². The zero-order valence-corrected chi connectivity index (χ0v) is 15.6. The molecule has 1 aromatic heterocycles. The van der Waals surface area contributed by atoms with Gasteiger partial charge in [-0.15, -0.1) is 0 Å². The van der Waals surface area contributed by atoms with E-state index in [-0.39, 0.29) is 11.3 Å². The van der Waals surface area contributed by atoms with Crippen LogP contribution in [0.4, 0.5) is 4.79 Å². The molecular formula is C18H23N3O3S. The molecule has 1 saturated heterocycles. The first-order valence-electron chi connectivity index (χ1n) is 8.44. The molecule has 2 aromatic rings. The van der Waals surface area contributed by atoms with Crippen LogP contribution in [0.15, 0.2) is 35.5 Å². The lowest BCUT2D eigenvalue weighted by Crippen LogP contribution is -2.45. The van der Waals surface area contributed by atoms with Gasteiger partial charge in [0.2, 0.25) is 0 Å². The summed E-state index contributed by atoms with van der Waals surface area (Å²) in [5.41, 5.74) is 0.975. The summed E-state index contributed by atoms with van der Waals surface area (Å²) in [4.78, 5) is 22.7. The zero-order valence-electron chi connectivity index (χ0n) is 14.8. The van der Waals surface area contributed by atoms with E-state index in [9.17, 15) is 9.00 Å². The summed E-state index contributed by atoms with van der Waals surface area (Å²) in [5, 5.41) is 0.312. The minimum absolute atomic E-state index is 0.156. The van der Waals surface area contributed by atoms with Crippen LogP contribution >= 0.6 is 0 Å². The van der Waals surface area contributed by atoms with Crippen molar-refractivity contribution in [2.45, 2.75) is 49.5 Å². The van der Waals surface area contributed by atoms with Gasteiger partial charge in [-0.05, 0) is 45.7 Å². The molecule has 0 unspecified atom stereocenters. The van der Waals surface area contributed by atoms with E-state index in [4.69, 9.17) is 4.74 Å². The molecule has 134 valence electrons. The van der Waals surface area contributed by atoms with Gasteiger partial charge in [-0.1, -0.05) is 12.1 Å². The van der Waals surface area contributed by atoms with E-state index in [1.807, 2.05) is 45.0 Å². The Labute approximate surface area is 150 Å². The maximum atomic E-state index is 12.9. The average molecular weight is 361 g/mol. The first-order valence-corrected chi connectivity index (χ1v) is 9.65. The van der Waals surface area contributed by atoms with Gasteiger partial charge in [0.1, 0.15) is 10.6 Å². The molecule has 0 N–H and O–H groups in total. The standard InChI is InChI=1S/C18H23N3O3S/c1-18(2,3)24-17(22)21-10-6-7-13(12-21)25(23)16-11-19-14-8-4-5-9-15(14)20-16/h4-5,8-9,11,13H,6-7,10,12H2,1-3H3/t13-,25-/m1/s1. The second-order valence-corrected chi connectivity index (χ2v) is 8.86.